The molecule has 4 unspecified atom stereocenters. The zero-order valence-corrected chi connectivity index (χ0v) is 24.4. The second kappa shape index (κ2) is 11.9. The Morgan fingerprint density at radius 1 is 1.02 bits per heavy atom. The Morgan fingerprint density at radius 2 is 1.79 bits per heavy atom. The zero-order chi connectivity index (χ0) is 29.2. The fraction of sp³-hybridized carbons (Fsp3) is 0.394. The molecule has 42 heavy (non-hydrogen) atoms. The van der Waals surface area contributed by atoms with E-state index in [1.54, 1.807) is 11.8 Å². The number of aromatic nitrogens is 3. The summed E-state index contributed by atoms with van der Waals surface area (Å²) in [5, 5.41) is 14.8. The molecule has 2 amide bonds. The Morgan fingerprint density at radius 3 is 2.55 bits per heavy atom. The SMILES string of the molecule is COc1ccc(CC2CC(C(=O)NCc3ccc4c(c3)nnn4C)N(C(=O)C3CC(c4ccc(C)cc4)CN3)C2)cc1. The maximum atomic E-state index is 13.9. The lowest BCUT2D eigenvalue weighted by Gasteiger charge is -2.27. The summed E-state index contributed by atoms with van der Waals surface area (Å²) >= 11 is 0. The zero-order valence-electron chi connectivity index (χ0n) is 24.4. The Kier molecular flexibility index (Phi) is 7.93. The molecule has 2 fully saturated rings. The molecule has 1 aromatic heterocycles. The number of methoxy groups -OCH3 is 1. The van der Waals surface area contributed by atoms with Gasteiger partial charge in [0.25, 0.3) is 0 Å². The molecule has 0 spiro atoms. The number of benzene rings is 3. The van der Waals surface area contributed by atoms with Crippen molar-refractivity contribution in [1.29, 1.82) is 0 Å². The van der Waals surface area contributed by atoms with Crippen LogP contribution in [-0.4, -0.2) is 64.0 Å². The maximum Gasteiger partial charge on any atom is 0.243 e. The highest BCUT2D eigenvalue weighted by molar-refractivity contribution is 5.90. The van der Waals surface area contributed by atoms with Gasteiger partial charge >= 0.3 is 0 Å². The smallest absolute Gasteiger partial charge is 0.243 e. The van der Waals surface area contributed by atoms with Gasteiger partial charge < -0.3 is 20.3 Å². The van der Waals surface area contributed by atoms with Crippen molar-refractivity contribution >= 4 is 22.8 Å². The van der Waals surface area contributed by atoms with E-state index in [1.165, 1.54) is 16.7 Å². The summed E-state index contributed by atoms with van der Waals surface area (Å²) in [4.78, 5) is 29.4. The molecule has 0 bridgehead atoms. The number of fused-ring (bicyclic) bond motifs is 1. The number of likely N-dealkylation sites (tertiary alicyclic amines) is 1. The van der Waals surface area contributed by atoms with Gasteiger partial charge in [0.05, 0.1) is 18.7 Å². The van der Waals surface area contributed by atoms with E-state index in [0.717, 1.165) is 41.7 Å². The van der Waals surface area contributed by atoms with Gasteiger partial charge in [0.2, 0.25) is 11.8 Å². The number of rotatable bonds is 8. The molecule has 218 valence electrons. The van der Waals surface area contributed by atoms with E-state index < -0.39 is 6.04 Å². The number of hydrogen-bond donors (Lipinski definition) is 2. The first-order valence-electron chi connectivity index (χ1n) is 14.7. The maximum absolute atomic E-state index is 13.9. The third-order valence-electron chi connectivity index (χ3n) is 8.78. The minimum atomic E-state index is -0.513. The van der Waals surface area contributed by atoms with Crippen LogP contribution in [0.25, 0.3) is 11.0 Å². The van der Waals surface area contributed by atoms with Crippen LogP contribution in [0.1, 0.15) is 41.0 Å². The van der Waals surface area contributed by atoms with Gasteiger partial charge in [-0.05, 0) is 79.0 Å². The summed E-state index contributed by atoms with van der Waals surface area (Å²) in [6.07, 6.45) is 2.15. The second-order valence-electron chi connectivity index (χ2n) is 11.7. The first kappa shape index (κ1) is 27.9. The summed E-state index contributed by atoms with van der Waals surface area (Å²) in [5.41, 5.74) is 6.31. The van der Waals surface area contributed by atoms with Crippen molar-refractivity contribution in [3.63, 3.8) is 0 Å². The molecule has 6 rings (SSSR count). The topological polar surface area (TPSA) is 101 Å². The molecule has 9 nitrogen and oxygen atoms in total. The van der Waals surface area contributed by atoms with E-state index in [4.69, 9.17) is 4.74 Å². The Bertz CT molecular complexity index is 1570. The lowest BCUT2D eigenvalue weighted by atomic mass is 9.95. The van der Waals surface area contributed by atoms with E-state index in [9.17, 15) is 9.59 Å². The molecule has 3 heterocycles. The third-order valence-corrected chi connectivity index (χ3v) is 8.78. The summed E-state index contributed by atoms with van der Waals surface area (Å²) in [5.74, 6) is 1.18. The van der Waals surface area contributed by atoms with Crippen molar-refractivity contribution in [3.8, 4) is 5.75 Å². The average Bonchev–Trinajstić information content (AvgIpc) is 3.75. The van der Waals surface area contributed by atoms with Gasteiger partial charge in [0.1, 0.15) is 17.3 Å². The Balaban J connectivity index is 1.16. The fourth-order valence-electron chi connectivity index (χ4n) is 6.38. The number of hydrogen-bond acceptors (Lipinski definition) is 6. The number of aryl methyl sites for hydroxylation is 2. The minimum Gasteiger partial charge on any atom is -0.497 e. The minimum absolute atomic E-state index is 0.0166. The molecule has 2 aliphatic heterocycles. The van der Waals surface area contributed by atoms with Crippen LogP contribution in [0.3, 0.4) is 0 Å². The third kappa shape index (κ3) is 5.87. The van der Waals surface area contributed by atoms with E-state index in [1.807, 2.05) is 42.3 Å². The van der Waals surface area contributed by atoms with E-state index >= 15 is 0 Å². The van der Waals surface area contributed by atoms with Crippen molar-refractivity contribution < 1.29 is 14.3 Å². The van der Waals surface area contributed by atoms with E-state index in [0.29, 0.717) is 19.5 Å². The monoisotopic (exact) mass is 566 g/mol. The highest BCUT2D eigenvalue weighted by atomic mass is 16.5. The van der Waals surface area contributed by atoms with Crippen LogP contribution in [0.15, 0.2) is 66.7 Å². The van der Waals surface area contributed by atoms with Crippen LogP contribution in [0.2, 0.25) is 0 Å². The van der Waals surface area contributed by atoms with Crippen LogP contribution >= 0.6 is 0 Å². The molecular weight excluding hydrogens is 528 g/mol. The van der Waals surface area contributed by atoms with E-state index in [-0.39, 0.29) is 29.7 Å². The average molecular weight is 567 g/mol. The lowest BCUT2D eigenvalue weighted by molar-refractivity contribution is -0.139. The molecule has 2 N–H and O–H groups in total. The van der Waals surface area contributed by atoms with Crippen LogP contribution in [-0.2, 0) is 29.6 Å². The standard InChI is InChI=1S/C33H38N6O3/c1-21-4-9-25(10-5-21)26-17-29(34-19-26)33(41)39-20-24(14-22-6-11-27(42-3)12-7-22)16-31(39)32(40)35-18-23-8-13-30-28(15-23)36-37-38(30)2/h4-13,15,24,26,29,31,34H,14,16-20H2,1-3H3,(H,35,40). The molecule has 0 saturated carbocycles. The fourth-order valence-corrected chi connectivity index (χ4v) is 6.38. The summed E-state index contributed by atoms with van der Waals surface area (Å²) in [7, 11) is 3.51. The van der Waals surface area contributed by atoms with Gasteiger partial charge in [-0.15, -0.1) is 5.10 Å². The number of nitrogens with zero attached hydrogens (tertiary/aromatic N) is 4. The molecule has 2 saturated heterocycles. The molecule has 0 aliphatic carbocycles. The van der Waals surface area contributed by atoms with Gasteiger partial charge in [0, 0.05) is 26.7 Å². The highest BCUT2D eigenvalue weighted by Crippen LogP contribution is 2.32. The quantitative estimate of drug-likeness (QED) is 0.339. The summed E-state index contributed by atoms with van der Waals surface area (Å²) < 4.78 is 7.03. The number of ether oxygens (including phenoxy) is 1. The normalized spacial score (nSPS) is 22.0. The molecular formula is C33H38N6O3. The van der Waals surface area contributed by atoms with Crippen LogP contribution < -0.4 is 15.4 Å². The largest absolute Gasteiger partial charge is 0.497 e. The number of carbonyl (C=O) groups excluding carboxylic acids is 2. The van der Waals surface area contributed by atoms with Crippen LogP contribution in [0.5, 0.6) is 5.75 Å². The number of nitrogens with one attached hydrogen (secondary N) is 2. The summed E-state index contributed by atoms with van der Waals surface area (Å²) in [6, 6.07) is 21.7. The number of carbonyl (C=O) groups is 2. The summed E-state index contributed by atoms with van der Waals surface area (Å²) in [6.45, 7) is 3.76. The van der Waals surface area contributed by atoms with Gasteiger partial charge in [-0.3, -0.25) is 9.59 Å². The molecule has 4 aromatic rings. The molecule has 3 aromatic carbocycles. The first-order chi connectivity index (χ1) is 20.4. The highest BCUT2D eigenvalue weighted by Gasteiger charge is 2.43. The van der Waals surface area contributed by atoms with Crippen molar-refractivity contribution in [3.05, 3.63) is 89.0 Å². The second-order valence-corrected chi connectivity index (χ2v) is 11.7. The Hall–Kier alpha value is -4.24. The van der Waals surface area contributed by atoms with Gasteiger partial charge in [-0.25, -0.2) is 4.68 Å². The lowest BCUT2D eigenvalue weighted by Crippen LogP contribution is -2.51. The van der Waals surface area contributed by atoms with Gasteiger partial charge in [-0.2, -0.15) is 0 Å². The van der Waals surface area contributed by atoms with Crippen LogP contribution in [0, 0.1) is 12.8 Å². The van der Waals surface area contributed by atoms with Crippen LogP contribution in [0.4, 0.5) is 0 Å². The van der Waals surface area contributed by atoms with Gasteiger partial charge in [-0.1, -0.05) is 53.2 Å². The van der Waals surface area contributed by atoms with Crippen molar-refractivity contribution in [2.45, 2.75) is 50.7 Å². The van der Waals surface area contributed by atoms with Crippen molar-refractivity contribution in [2.24, 2.45) is 13.0 Å². The van der Waals surface area contributed by atoms with Crippen molar-refractivity contribution in [1.82, 2.24) is 30.5 Å². The first-order valence-corrected chi connectivity index (χ1v) is 14.7. The Labute approximate surface area is 246 Å². The number of amides is 2. The molecule has 9 heteroatoms. The van der Waals surface area contributed by atoms with Gasteiger partial charge in [0.15, 0.2) is 0 Å². The molecule has 2 aliphatic rings. The molecule has 4 atom stereocenters. The van der Waals surface area contributed by atoms with E-state index in [2.05, 4.69) is 64.3 Å². The van der Waals surface area contributed by atoms with Crippen molar-refractivity contribution in [2.75, 3.05) is 20.2 Å². The predicted octanol–water partition coefficient (Wildman–Crippen LogP) is 3.51. The predicted molar refractivity (Wildman–Crippen MR) is 161 cm³/mol. The molecule has 0 radical (unpaired) electrons.